The summed E-state index contributed by atoms with van der Waals surface area (Å²) in [6, 6.07) is 9.65. The lowest BCUT2D eigenvalue weighted by Crippen LogP contribution is -2.49. The molecule has 2 atom stereocenters. The highest BCUT2D eigenvalue weighted by molar-refractivity contribution is 5.79. The molecule has 0 radical (unpaired) electrons. The highest BCUT2D eigenvalue weighted by atomic mass is 16.1. The maximum atomic E-state index is 12.2. The molecule has 0 saturated carbocycles. The summed E-state index contributed by atoms with van der Waals surface area (Å²) in [4.78, 5) is 12.2. The number of hydrogen-bond donors (Lipinski definition) is 2. The van der Waals surface area contributed by atoms with Crippen molar-refractivity contribution in [3.05, 3.63) is 42.2 Å². The smallest absolute Gasteiger partial charge is 0.223 e. The summed E-state index contributed by atoms with van der Waals surface area (Å²) >= 11 is 0. The first-order chi connectivity index (χ1) is 10.6. The molecular weight excluding hydrogens is 278 g/mol. The molecule has 2 aromatic rings. The summed E-state index contributed by atoms with van der Waals surface area (Å²) in [6.07, 6.45) is 1.86. The van der Waals surface area contributed by atoms with Gasteiger partial charge in [-0.15, -0.1) is 5.10 Å². The molecule has 0 aliphatic carbocycles. The Kier molecular flexibility index (Phi) is 4.20. The number of amides is 1. The van der Waals surface area contributed by atoms with Crippen LogP contribution in [0.15, 0.2) is 36.5 Å². The van der Waals surface area contributed by atoms with Crippen molar-refractivity contribution in [1.82, 2.24) is 25.6 Å². The average Bonchev–Trinajstić information content (AvgIpc) is 2.96. The van der Waals surface area contributed by atoms with Gasteiger partial charge in [0.25, 0.3) is 0 Å². The molecule has 116 valence electrons. The van der Waals surface area contributed by atoms with Crippen LogP contribution < -0.4 is 10.6 Å². The molecular formula is C16H21N5O. The SMILES string of the molecule is CC(NC(=O)C(C)C1CNC1)c1cn(-c2ccccc2)nn1. The second-order valence-corrected chi connectivity index (χ2v) is 5.86. The minimum Gasteiger partial charge on any atom is -0.348 e. The van der Waals surface area contributed by atoms with E-state index in [9.17, 15) is 4.79 Å². The predicted octanol–water partition coefficient (Wildman–Crippen LogP) is 1.30. The van der Waals surface area contributed by atoms with E-state index in [0.717, 1.165) is 24.5 Å². The van der Waals surface area contributed by atoms with Crippen molar-refractivity contribution in [1.29, 1.82) is 0 Å². The lowest BCUT2D eigenvalue weighted by molar-refractivity contribution is -0.127. The van der Waals surface area contributed by atoms with Gasteiger partial charge in [0.05, 0.1) is 17.9 Å². The molecule has 2 heterocycles. The van der Waals surface area contributed by atoms with Gasteiger partial charge in [0, 0.05) is 5.92 Å². The number of hydrogen-bond acceptors (Lipinski definition) is 4. The van der Waals surface area contributed by atoms with Gasteiger partial charge in [-0.25, -0.2) is 4.68 Å². The Morgan fingerprint density at radius 1 is 1.32 bits per heavy atom. The van der Waals surface area contributed by atoms with Gasteiger partial charge in [0.15, 0.2) is 0 Å². The molecule has 1 saturated heterocycles. The van der Waals surface area contributed by atoms with Crippen molar-refractivity contribution in [2.24, 2.45) is 11.8 Å². The summed E-state index contributed by atoms with van der Waals surface area (Å²) < 4.78 is 1.72. The molecule has 1 aromatic carbocycles. The summed E-state index contributed by atoms with van der Waals surface area (Å²) in [5.74, 6) is 0.535. The van der Waals surface area contributed by atoms with Crippen LogP contribution in [0.25, 0.3) is 5.69 Å². The third-order valence-electron chi connectivity index (χ3n) is 4.27. The fourth-order valence-corrected chi connectivity index (χ4v) is 2.48. The zero-order valence-corrected chi connectivity index (χ0v) is 12.9. The molecule has 1 amide bonds. The number of rotatable bonds is 5. The molecule has 1 aliphatic heterocycles. The van der Waals surface area contributed by atoms with Crippen molar-refractivity contribution >= 4 is 5.91 Å². The van der Waals surface area contributed by atoms with Gasteiger partial charge in [0.2, 0.25) is 5.91 Å². The summed E-state index contributed by atoms with van der Waals surface area (Å²) in [7, 11) is 0. The highest BCUT2D eigenvalue weighted by Crippen LogP contribution is 2.18. The van der Waals surface area contributed by atoms with Crippen LogP contribution in [0.5, 0.6) is 0 Å². The summed E-state index contributed by atoms with van der Waals surface area (Å²) in [5.41, 5.74) is 1.71. The Morgan fingerprint density at radius 2 is 2.05 bits per heavy atom. The van der Waals surface area contributed by atoms with E-state index in [4.69, 9.17) is 0 Å². The number of carbonyl (C=O) groups excluding carboxylic acids is 1. The van der Waals surface area contributed by atoms with Crippen molar-refractivity contribution in [2.75, 3.05) is 13.1 Å². The maximum Gasteiger partial charge on any atom is 0.223 e. The first-order valence-corrected chi connectivity index (χ1v) is 7.64. The third kappa shape index (κ3) is 3.01. The fourth-order valence-electron chi connectivity index (χ4n) is 2.48. The fraction of sp³-hybridized carbons (Fsp3) is 0.438. The molecule has 1 aliphatic rings. The molecule has 6 heteroatoms. The number of benzene rings is 1. The Labute approximate surface area is 129 Å². The second kappa shape index (κ2) is 6.27. The van der Waals surface area contributed by atoms with Crippen LogP contribution in [-0.4, -0.2) is 34.0 Å². The molecule has 22 heavy (non-hydrogen) atoms. The zero-order valence-electron chi connectivity index (χ0n) is 12.9. The molecule has 0 spiro atoms. The van der Waals surface area contributed by atoms with Crippen LogP contribution in [0.3, 0.4) is 0 Å². The number of carbonyl (C=O) groups is 1. The maximum absolute atomic E-state index is 12.2. The molecule has 1 aromatic heterocycles. The summed E-state index contributed by atoms with van der Waals surface area (Å²) in [6.45, 7) is 5.76. The van der Waals surface area contributed by atoms with Crippen molar-refractivity contribution in [3.8, 4) is 5.69 Å². The van der Waals surface area contributed by atoms with Crippen LogP contribution in [0.2, 0.25) is 0 Å². The monoisotopic (exact) mass is 299 g/mol. The van der Waals surface area contributed by atoms with Crippen molar-refractivity contribution in [3.63, 3.8) is 0 Å². The number of nitrogens with zero attached hydrogens (tertiary/aromatic N) is 3. The molecule has 6 nitrogen and oxygen atoms in total. The molecule has 1 fully saturated rings. The number of aromatic nitrogens is 3. The first kappa shape index (κ1) is 14.7. The van der Waals surface area contributed by atoms with E-state index >= 15 is 0 Å². The molecule has 2 N–H and O–H groups in total. The van der Waals surface area contributed by atoms with Crippen LogP contribution in [-0.2, 0) is 4.79 Å². The number of nitrogens with one attached hydrogen (secondary N) is 2. The minimum absolute atomic E-state index is 0.0212. The van der Waals surface area contributed by atoms with Crippen molar-refractivity contribution in [2.45, 2.75) is 19.9 Å². The minimum atomic E-state index is -0.152. The van der Waals surface area contributed by atoms with Crippen LogP contribution in [0.1, 0.15) is 25.6 Å². The second-order valence-electron chi connectivity index (χ2n) is 5.86. The van der Waals surface area contributed by atoms with Gasteiger partial charge in [-0.1, -0.05) is 30.3 Å². The van der Waals surface area contributed by atoms with Crippen LogP contribution >= 0.6 is 0 Å². The molecule has 3 rings (SSSR count). The van der Waals surface area contributed by atoms with Gasteiger partial charge >= 0.3 is 0 Å². The largest absolute Gasteiger partial charge is 0.348 e. The standard InChI is InChI=1S/C16H21N5O/c1-11(13-8-17-9-13)16(22)18-12(2)15-10-21(20-19-15)14-6-4-3-5-7-14/h3-7,10-13,17H,8-9H2,1-2H3,(H,18,22). The predicted molar refractivity (Wildman–Crippen MR) is 83.4 cm³/mol. The van der Waals surface area contributed by atoms with Gasteiger partial charge < -0.3 is 10.6 Å². The van der Waals surface area contributed by atoms with E-state index in [0.29, 0.717) is 5.92 Å². The molecule has 2 unspecified atom stereocenters. The highest BCUT2D eigenvalue weighted by Gasteiger charge is 2.29. The van der Waals surface area contributed by atoms with E-state index in [2.05, 4.69) is 20.9 Å². The van der Waals surface area contributed by atoms with E-state index in [-0.39, 0.29) is 17.9 Å². The zero-order chi connectivity index (χ0) is 15.5. The lowest BCUT2D eigenvalue weighted by atomic mass is 9.88. The first-order valence-electron chi connectivity index (χ1n) is 7.64. The Hall–Kier alpha value is -2.21. The third-order valence-corrected chi connectivity index (χ3v) is 4.27. The lowest BCUT2D eigenvalue weighted by Gasteiger charge is -2.32. The van der Waals surface area contributed by atoms with E-state index < -0.39 is 0 Å². The quantitative estimate of drug-likeness (QED) is 0.873. The molecule has 0 bridgehead atoms. The number of para-hydroxylation sites is 1. The van der Waals surface area contributed by atoms with E-state index in [1.54, 1.807) is 4.68 Å². The van der Waals surface area contributed by atoms with Gasteiger partial charge in [-0.2, -0.15) is 0 Å². The summed E-state index contributed by atoms with van der Waals surface area (Å²) in [5, 5.41) is 14.5. The topological polar surface area (TPSA) is 71.8 Å². The average molecular weight is 299 g/mol. The van der Waals surface area contributed by atoms with Crippen LogP contribution in [0.4, 0.5) is 0 Å². The normalized spacial score (nSPS) is 17.5. The van der Waals surface area contributed by atoms with E-state index in [1.165, 1.54) is 0 Å². The van der Waals surface area contributed by atoms with Gasteiger partial charge in [-0.05, 0) is 38.1 Å². The van der Waals surface area contributed by atoms with Crippen LogP contribution in [0, 0.1) is 11.8 Å². The van der Waals surface area contributed by atoms with Gasteiger partial charge in [-0.3, -0.25) is 4.79 Å². The van der Waals surface area contributed by atoms with E-state index in [1.807, 2.05) is 50.4 Å². The Balaban J connectivity index is 1.64. The Morgan fingerprint density at radius 3 is 2.68 bits per heavy atom. The van der Waals surface area contributed by atoms with Crippen molar-refractivity contribution < 1.29 is 4.79 Å². The van der Waals surface area contributed by atoms with Gasteiger partial charge in [0.1, 0.15) is 5.69 Å². The Bertz CT molecular complexity index is 635.